The number of nitrogens with one attached hydrogen (secondary N) is 1. The molecule has 1 aliphatic heterocycles. The third-order valence-electron chi connectivity index (χ3n) is 8.76. The van der Waals surface area contributed by atoms with Crippen LogP contribution in [0.3, 0.4) is 0 Å². The molecule has 2 amide bonds. The van der Waals surface area contributed by atoms with Crippen molar-refractivity contribution in [1.29, 1.82) is 5.26 Å². The minimum Gasteiger partial charge on any atom is -0.395 e. The largest absolute Gasteiger partial charge is 0.395 e. The van der Waals surface area contributed by atoms with E-state index >= 15 is 0 Å². The SMILES string of the molecule is CC1CC[C@@H](CO)N1CCN(C(=O)Nc1cc(Cl)nc(Cl)c1)[C@@H]1CC[C@]2(c3cccc(C#N)c3)CC2C1. The topological polar surface area (TPSA) is 92.5 Å². The fourth-order valence-electron chi connectivity index (χ4n) is 6.68. The number of rotatable bonds is 7. The molecule has 3 aliphatic rings. The van der Waals surface area contributed by atoms with Crippen LogP contribution in [-0.4, -0.2) is 63.7 Å². The summed E-state index contributed by atoms with van der Waals surface area (Å²) in [6, 6.07) is 13.9. The Morgan fingerprint density at radius 3 is 2.76 bits per heavy atom. The minimum atomic E-state index is -0.171. The quantitative estimate of drug-likeness (QED) is 0.454. The van der Waals surface area contributed by atoms with E-state index in [1.165, 1.54) is 5.56 Å². The number of aromatic nitrogens is 1. The van der Waals surface area contributed by atoms with Crippen molar-refractivity contribution in [2.45, 2.75) is 69.0 Å². The van der Waals surface area contributed by atoms with Crippen molar-refractivity contribution in [1.82, 2.24) is 14.8 Å². The number of pyridine rings is 1. The van der Waals surface area contributed by atoms with Crippen LogP contribution in [-0.2, 0) is 5.41 Å². The highest BCUT2D eigenvalue weighted by atomic mass is 35.5. The summed E-state index contributed by atoms with van der Waals surface area (Å²) in [4.78, 5) is 21.9. The molecular weight excluding hydrogens is 509 g/mol. The van der Waals surface area contributed by atoms with Crippen LogP contribution in [0.4, 0.5) is 10.5 Å². The van der Waals surface area contributed by atoms with Gasteiger partial charge in [0.1, 0.15) is 10.3 Å². The fourth-order valence-corrected chi connectivity index (χ4v) is 7.14. The predicted octanol–water partition coefficient (Wildman–Crippen LogP) is 5.45. The van der Waals surface area contributed by atoms with Crippen molar-refractivity contribution in [3.63, 3.8) is 0 Å². The number of hydrogen-bond acceptors (Lipinski definition) is 5. The summed E-state index contributed by atoms with van der Waals surface area (Å²) < 4.78 is 0. The Balaban J connectivity index is 1.32. The number of nitriles is 1. The van der Waals surface area contributed by atoms with Gasteiger partial charge in [0.2, 0.25) is 0 Å². The third-order valence-corrected chi connectivity index (χ3v) is 9.14. The number of amides is 2. The zero-order valence-corrected chi connectivity index (χ0v) is 22.5. The van der Waals surface area contributed by atoms with Gasteiger partial charge in [0.25, 0.3) is 0 Å². The van der Waals surface area contributed by atoms with Crippen LogP contribution in [0.25, 0.3) is 0 Å². The van der Waals surface area contributed by atoms with Crippen molar-refractivity contribution in [2.24, 2.45) is 5.92 Å². The number of aliphatic hydroxyl groups excluding tert-OH is 1. The van der Waals surface area contributed by atoms with Crippen LogP contribution >= 0.6 is 23.2 Å². The first kappa shape index (κ1) is 26.2. The summed E-state index contributed by atoms with van der Waals surface area (Å²) in [7, 11) is 0. The first-order chi connectivity index (χ1) is 17.8. The van der Waals surface area contributed by atoms with E-state index in [4.69, 9.17) is 23.2 Å². The standard InChI is InChI=1S/C28H33Cl2N5O2/c1-18-5-6-24(17-36)34(18)9-10-35(27(37)32-22-13-25(29)33-26(30)14-22)23-7-8-28(15-21(28)12-23)20-4-2-3-19(11-20)16-31/h2-4,11,13-14,18,21,23-24,36H,5-10,12,15,17H2,1H3,(H,32,33,37)/t18?,21?,23-,24+,28-/m1/s1. The Kier molecular flexibility index (Phi) is 7.65. The highest BCUT2D eigenvalue weighted by Crippen LogP contribution is 2.62. The lowest BCUT2D eigenvalue weighted by molar-refractivity contribution is 0.106. The van der Waals surface area contributed by atoms with Crippen molar-refractivity contribution < 1.29 is 9.90 Å². The van der Waals surface area contributed by atoms with Gasteiger partial charge in [-0.2, -0.15) is 5.26 Å². The number of urea groups is 1. The van der Waals surface area contributed by atoms with E-state index < -0.39 is 0 Å². The van der Waals surface area contributed by atoms with Gasteiger partial charge in [-0.25, -0.2) is 9.78 Å². The average Bonchev–Trinajstić information content (AvgIpc) is 3.52. The molecule has 0 radical (unpaired) electrons. The van der Waals surface area contributed by atoms with E-state index in [1.807, 2.05) is 23.1 Å². The maximum atomic E-state index is 13.6. The maximum absolute atomic E-state index is 13.6. The Morgan fingerprint density at radius 1 is 1.27 bits per heavy atom. The van der Waals surface area contributed by atoms with Gasteiger partial charge < -0.3 is 15.3 Å². The molecule has 2 unspecified atom stereocenters. The lowest BCUT2D eigenvalue weighted by atomic mass is 9.80. The number of aliphatic hydroxyl groups is 1. The molecule has 7 nitrogen and oxygen atoms in total. The molecule has 5 atom stereocenters. The molecule has 2 saturated carbocycles. The van der Waals surface area contributed by atoms with Crippen molar-refractivity contribution in [3.8, 4) is 6.07 Å². The van der Waals surface area contributed by atoms with E-state index in [9.17, 15) is 15.2 Å². The molecule has 2 heterocycles. The van der Waals surface area contributed by atoms with Gasteiger partial charge in [0.05, 0.1) is 18.2 Å². The number of likely N-dealkylation sites (tertiary alicyclic amines) is 1. The minimum absolute atomic E-state index is 0.109. The van der Waals surface area contributed by atoms with Crippen LogP contribution < -0.4 is 5.32 Å². The highest BCUT2D eigenvalue weighted by molar-refractivity contribution is 6.33. The van der Waals surface area contributed by atoms with Crippen LogP contribution in [0.1, 0.15) is 56.6 Å². The molecule has 1 saturated heterocycles. The Labute approximate surface area is 228 Å². The molecule has 5 rings (SSSR count). The molecule has 0 bridgehead atoms. The maximum Gasteiger partial charge on any atom is 0.322 e. The van der Waals surface area contributed by atoms with E-state index in [1.54, 1.807) is 12.1 Å². The lowest BCUT2D eigenvalue weighted by Crippen LogP contribution is -2.50. The third kappa shape index (κ3) is 5.44. The first-order valence-electron chi connectivity index (χ1n) is 13.1. The summed E-state index contributed by atoms with van der Waals surface area (Å²) in [5.41, 5.74) is 2.60. The molecule has 3 fully saturated rings. The smallest absolute Gasteiger partial charge is 0.322 e. The number of fused-ring (bicyclic) bond motifs is 1. The number of carbonyl (C=O) groups is 1. The number of nitrogens with zero attached hydrogens (tertiary/aromatic N) is 4. The van der Waals surface area contributed by atoms with E-state index in [0.717, 1.165) is 38.5 Å². The van der Waals surface area contributed by atoms with E-state index in [0.29, 0.717) is 36.3 Å². The molecule has 1 aromatic heterocycles. The molecule has 0 spiro atoms. The second-order valence-electron chi connectivity index (χ2n) is 10.8. The monoisotopic (exact) mass is 541 g/mol. The fraction of sp³-hybridized carbons (Fsp3) is 0.536. The van der Waals surface area contributed by atoms with Gasteiger partial charge in [-0.3, -0.25) is 4.90 Å². The lowest BCUT2D eigenvalue weighted by Gasteiger charge is -2.38. The van der Waals surface area contributed by atoms with Crippen LogP contribution in [0, 0.1) is 17.2 Å². The van der Waals surface area contributed by atoms with Gasteiger partial charge in [0, 0.05) is 36.9 Å². The van der Waals surface area contributed by atoms with Crippen molar-refractivity contribution in [2.75, 3.05) is 25.0 Å². The van der Waals surface area contributed by atoms with Crippen molar-refractivity contribution >= 4 is 34.9 Å². The Morgan fingerprint density at radius 2 is 2.05 bits per heavy atom. The summed E-state index contributed by atoms with van der Waals surface area (Å²) in [6.45, 7) is 3.62. The Bertz CT molecular complexity index is 1180. The number of anilines is 1. The van der Waals surface area contributed by atoms with Gasteiger partial charge in [-0.15, -0.1) is 0 Å². The van der Waals surface area contributed by atoms with Crippen molar-refractivity contribution in [3.05, 3.63) is 57.8 Å². The molecule has 9 heteroatoms. The highest BCUT2D eigenvalue weighted by Gasteiger charge is 2.58. The Hall–Kier alpha value is -2.37. The summed E-state index contributed by atoms with van der Waals surface area (Å²) in [5.74, 6) is 0.496. The predicted molar refractivity (Wildman–Crippen MR) is 145 cm³/mol. The molecule has 1 aromatic carbocycles. The van der Waals surface area contributed by atoms with Gasteiger partial charge in [-0.05, 0) is 86.6 Å². The normalized spacial score (nSPS) is 28.8. The molecule has 2 aliphatic carbocycles. The zero-order valence-electron chi connectivity index (χ0n) is 21.0. The van der Waals surface area contributed by atoms with Crippen LogP contribution in [0.15, 0.2) is 36.4 Å². The molecule has 2 N–H and O–H groups in total. The van der Waals surface area contributed by atoms with E-state index in [2.05, 4.69) is 34.3 Å². The summed E-state index contributed by atoms with van der Waals surface area (Å²) in [6.07, 6.45) is 5.96. The molecular formula is C28H33Cl2N5O2. The summed E-state index contributed by atoms with van der Waals surface area (Å²) >= 11 is 12.1. The van der Waals surface area contributed by atoms with Gasteiger partial charge in [-0.1, -0.05) is 35.3 Å². The zero-order chi connectivity index (χ0) is 26.2. The number of carbonyl (C=O) groups excluding carboxylic acids is 1. The number of benzene rings is 1. The second-order valence-corrected chi connectivity index (χ2v) is 11.6. The number of halogens is 2. The number of hydrogen-bond donors (Lipinski definition) is 2. The van der Waals surface area contributed by atoms with Crippen LogP contribution in [0.2, 0.25) is 10.3 Å². The first-order valence-corrected chi connectivity index (χ1v) is 13.9. The molecule has 37 heavy (non-hydrogen) atoms. The summed E-state index contributed by atoms with van der Waals surface area (Å²) in [5, 5.41) is 22.7. The average molecular weight is 543 g/mol. The molecule has 196 valence electrons. The second kappa shape index (κ2) is 10.8. The van der Waals surface area contributed by atoms with Gasteiger partial charge in [0.15, 0.2) is 0 Å². The molecule has 2 aromatic rings. The van der Waals surface area contributed by atoms with E-state index in [-0.39, 0.29) is 40.4 Å². The van der Waals surface area contributed by atoms with Gasteiger partial charge >= 0.3 is 6.03 Å². The van der Waals surface area contributed by atoms with Crippen LogP contribution in [0.5, 0.6) is 0 Å².